The summed E-state index contributed by atoms with van der Waals surface area (Å²) in [5.41, 5.74) is 0. The smallest absolute Gasteiger partial charge is 0.240 e. The molecular formula is C21H31N5O2. The highest BCUT2D eigenvalue weighted by Gasteiger charge is 2.38. The molecule has 3 saturated heterocycles. The van der Waals surface area contributed by atoms with Gasteiger partial charge in [-0.05, 0) is 44.6 Å². The minimum absolute atomic E-state index is 0.0613. The SMILES string of the molecule is O=C1C(N2CCN(c3ccnc(C4CC4)n3)CC2)CCCN1C1CCOCC1. The van der Waals surface area contributed by atoms with Crippen LogP contribution in [0, 0.1) is 0 Å². The second-order valence-corrected chi connectivity index (χ2v) is 8.60. The van der Waals surface area contributed by atoms with Crippen molar-refractivity contribution in [1.29, 1.82) is 0 Å². The molecule has 152 valence electrons. The average molecular weight is 386 g/mol. The third-order valence-electron chi connectivity index (χ3n) is 6.76. The van der Waals surface area contributed by atoms with E-state index >= 15 is 0 Å². The van der Waals surface area contributed by atoms with E-state index in [-0.39, 0.29) is 6.04 Å². The summed E-state index contributed by atoms with van der Waals surface area (Å²) in [5, 5.41) is 0. The molecule has 0 spiro atoms. The first-order valence-electron chi connectivity index (χ1n) is 11.0. The van der Waals surface area contributed by atoms with Crippen molar-refractivity contribution in [3.05, 3.63) is 18.1 Å². The summed E-state index contributed by atoms with van der Waals surface area (Å²) in [7, 11) is 0. The number of carbonyl (C=O) groups excluding carboxylic acids is 1. The molecular weight excluding hydrogens is 354 g/mol. The largest absolute Gasteiger partial charge is 0.381 e. The third kappa shape index (κ3) is 3.74. The van der Waals surface area contributed by atoms with Gasteiger partial charge in [0.1, 0.15) is 11.6 Å². The normalized spacial score (nSPS) is 28.0. The van der Waals surface area contributed by atoms with Crippen LogP contribution in [0.2, 0.25) is 0 Å². The monoisotopic (exact) mass is 385 g/mol. The van der Waals surface area contributed by atoms with Crippen LogP contribution in [0.3, 0.4) is 0 Å². The maximum atomic E-state index is 13.2. The Morgan fingerprint density at radius 3 is 2.50 bits per heavy atom. The maximum Gasteiger partial charge on any atom is 0.240 e. The van der Waals surface area contributed by atoms with Crippen LogP contribution in [-0.2, 0) is 9.53 Å². The van der Waals surface area contributed by atoms with Crippen LogP contribution < -0.4 is 4.90 Å². The summed E-state index contributed by atoms with van der Waals surface area (Å²) in [6, 6.07) is 2.47. The van der Waals surface area contributed by atoms with Crippen LogP contribution in [0.1, 0.15) is 50.3 Å². The molecule has 1 aliphatic carbocycles. The number of carbonyl (C=O) groups is 1. The van der Waals surface area contributed by atoms with Gasteiger partial charge in [-0.1, -0.05) is 0 Å². The predicted molar refractivity (Wildman–Crippen MR) is 106 cm³/mol. The number of ether oxygens (including phenoxy) is 1. The molecule has 28 heavy (non-hydrogen) atoms. The first-order chi connectivity index (χ1) is 13.8. The summed E-state index contributed by atoms with van der Waals surface area (Å²) in [6.45, 7) is 6.23. The highest BCUT2D eigenvalue weighted by Crippen LogP contribution is 2.38. The number of likely N-dealkylation sites (tertiary alicyclic amines) is 1. The van der Waals surface area contributed by atoms with Crippen molar-refractivity contribution in [2.45, 2.75) is 56.5 Å². The van der Waals surface area contributed by atoms with Crippen molar-refractivity contribution in [2.75, 3.05) is 50.8 Å². The first-order valence-corrected chi connectivity index (χ1v) is 11.0. The Morgan fingerprint density at radius 1 is 0.964 bits per heavy atom. The molecule has 0 aromatic carbocycles. The van der Waals surface area contributed by atoms with Crippen LogP contribution in [0.25, 0.3) is 0 Å². The molecule has 0 N–H and O–H groups in total. The molecule has 1 amide bonds. The number of anilines is 1. The molecule has 7 nitrogen and oxygen atoms in total. The van der Waals surface area contributed by atoms with E-state index in [1.54, 1.807) is 0 Å². The van der Waals surface area contributed by atoms with E-state index in [1.807, 2.05) is 12.3 Å². The zero-order chi connectivity index (χ0) is 18.9. The molecule has 1 aromatic rings. The van der Waals surface area contributed by atoms with E-state index in [9.17, 15) is 4.79 Å². The third-order valence-corrected chi connectivity index (χ3v) is 6.76. The van der Waals surface area contributed by atoms with Crippen LogP contribution in [0.15, 0.2) is 12.3 Å². The number of piperidine rings is 1. The molecule has 3 aliphatic heterocycles. The fourth-order valence-corrected chi connectivity index (χ4v) is 4.92. The average Bonchev–Trinajstić information content (AvgIpc) is 3.60. The fourth-order valence-electron chi connectivity index (χ4n) is 4.92. The fraction of sp³-hybridized carbons (Fsp3) is 0.762. The van der Waals surface area contributed by atoms with Gasteiger partial charge in [-0.15, -0.1) is 0 Å². The number of piperazine rings is 1. The van der Waals surface area contributed by atoms with Gasteiger partial charge in [0.05, 0.1) is 6.04 Å². The van der Waals surface area contributed by atoms with Crippen molar-refractivity contribution in [3.63, 3.8) is 0 Å². The number of nitrogens with zero attached hydrogens (tertiary/aromatic N) is 5. The lowest BCUT2D eigenvalue weighted by Crippen LogP contribution is -2.59. The van der Waals surface area contributed by atoms with Gasteiger partial charge in [0, 0.05) is 64.1 Å². The van der Waals surface area contributed by atoms with Crippen molar-refractivity contribution in [1.82, 2.24) is 19.8 Å². The minimum atomic E-state index is 0.0613. The van der Waals surface area contributed by atoms with E-state index in [4.69, 9.17) is 9.72 Å². The standard InChI is InChI=1S/C21H31N5O2/c27-21-18(2-1-9-26(21)17-6-14-28-15-7-17)24-10-12-25(13-11-24)19-5-8-22-20(23-19)16-3-4-16/h5,8,16-18H,1-4,6-7,9-15H2. The molecule has 4 heterocycles. The summed E-state index contributed by atoms with van der Waals surface area (Å²) in [5.74, 6) is 2.99. The number of aromatic nitrogens is 2. The van der Waals surface area contributed by atoms with E-state index in [2.05, 4.69) is 19.7 Å². The Kier molecular flexibility index (Phi) is 5.20. The molecule has 4 aliphatic rings. The second-order valence-electron chi connectivity index (χ2n) is 8.60. The molecule has 4 fully saturated rings. The van der Waals surface area contributed by atoms with Gasteiger partial charge in [0.2, 0.25) is 5.91 Å². The predicted octanol–water partition coefficient (Wildman–Crippen LogP) is 1.65. The lowest BCUT2D eigenvalue weighted by atomic mass is 9.97. The lowest BCUT2D eigenvalue weighted by molar-refractivity contribution is -0.145. The molecule has 7 heteroatoms. The van der Waals surface area contributed by atoms with Gasteiger partial charge in [-0.2, -0.15) is 0 Å². The van der Waals surface area contributed by atoms with Gasteiger partial charge in [0.15, 0.2) is 0 Å². The number of hydrogen-bond donors (Lipinski definition) is 0. The van der Waals surface area contributed by atoms with Crippen LogP contribution in [-0.4, -0.2) is 83.7 Å². The highest BCUT2D eigenvalue weighted by molar-refractivity contribution is 5.83. The van der Waals surface area contributed by atoms with Crippen LogP contribution in [0.5, 0.6) is 0 Å². The lowest BCUT2D eigenvalue weighted by Gasteiger charge is -2.45. The van der Waals surface area contributed by atoms with E-state index < -0.39 is 0 Å². The Morgan fingerprint density at radius 2 is 1.75 bits per heavy atom. The van der Waals surface area contributed by atoms with Gasteiger partial charge >= 0.3 is 0 Å². The number of amides is 1. The van der Waals surface area contributed by atoms with Crippen LogP contribution >= 0.6 is 0 Å². The van der Waals surface area contributed by atoms with E-state index in [1.165, 1.54) is 12.8 Å². The zero-order valence-electron chi connectivity index (χ0n) is 16.6. The Bertz CT molecular complexity index is 696. The quantitative estimate of drug-likeness (QED) is 0.785. The Labute approximate surface area is 167 Å². The van der Waals surface area contributed by atoms with Crippen LogP contribution in [0.4, 0.5) is 5.82 Å². The summed E-state index contributed by atoms with van der Waals surface area (Å²) in [4.78, 5) is 29.4. The summed E-state index contributed by atoms with van der Waals surface area (Å²) < 4.78 is 5.49. The number of hydrogen-bond acceptors (Lipinski definition) is 6. The van der Waals surface area contributed by atoms with Crippen molar-refractivity contribution >= 4 is 11.7 Å². The topological polar surface area (TPSA) is 61.8 Å². The maximum absolute atomic E-state index is 13.2. The molecule has 0 radical (unpaired) electrons. The molecule has 1 atom stereocenters. The van der Waals surface area contributed by atoms with Crippen molar-refractivity contribution in [3.8, 4) is 0 Å². The molecule has 1 aromatic heterocycles. The zero-order valence-corrected chi connectivity index (χ0v) is 16.6. The van der Waals surface area contributed by atoms with E-state index in [0.717, 1.165) is 83.3 Å². The minimum Gasteiger partial charge on any atom is -0.381 e. The van der Waals surface area contributed by atoms with Gasteiger partial charge in [0.25, 0.3) is 0 Å². The Balaban J connectivity index is 1.20. The molecule has 1 unspecified atom stereocenters. The second kappa shape index (κ2) is 7.95. The van der Waals surface area contributed by atoms with Crippen molar-refractivity contribution in [2.24, 2.45) is 0 Å². The first kappa shape index (κ1) is 18.3. The van der Waals surface area contributed by atoms with Gasteiger partial charge in [-0.25, -0.2) is 9.97 Å². The van der Waals surface area contributed by atoms with Gasteiger partial charge in [-0.3, -0.25) is 9.69 Å². The summed E-state index contributed by atoms with van der Waals surface area (Å²) in [6.07, 6.45) is 8.45. The number of rotatable bonds is 4. The van der Waals surface area contributed by atoms with Gasteiger partial charge < -0.3 is 14.5 Å². The molecule has 5 rings (SSSR count). The summed E-state index contributed by atoms with van der Waals surface area (Å²) >= 11 is 0. The molecule has 0 bridgehead atoms. The van der Waals surface area contributed by atoms with E-state index in [0.29, 0.717) is 17.9 Å². The Hall–Kier alpha value is -1.73. The highest BCUT2D eigenvalue weighted by atomic mass is 16.5. The molecule has 1 saturated carbocycles. The van der Waals surface area contributed by atoms with Crippen molar-refractivity contribution < 1.29 is 9.53 Å².